The summed E-state index contributed by atoms with van der Waals surface area (Å²) in [7, 11) is 1.99. The van der Waals surface area contributed by atoms with Crippen molar-refractivity contribution in [1.29, 1.82) is 0 Å². The number of rotatable bonds is 3. The second-order valence-electron chi connectivity index (χ2n) is 4.89. The van der Waals surface area contributed by atoms with Crippen LogP contribution in [0.15, 0.2) is 18.2 Å². The molecule has 2 aromatic rings. The van der Waals surface area contributed by atoms with Gasteiger partial charge in [0, 0.05) is 30.5 Å². The molecule has 3 heteroatoms. The fourth-order valence-corrected chi connectivity index (χ4v) is 2.34. The van der Waals surface area contributed by atoms with Crippen LogP contribution >= 0.6 is 0 Å². The van der Waals surface area contributed by atoms with Crippen LogP contribution in [0.4, 0.5) is 5.69 Å². The van der Waals surface area contributed by atoms with Gasteiger partial charge in [0.05, 0.1) is 5.69 Å². The van der Waals surface area contributed by atoms with Gasteiger partial charge in [-0.15, -0.1) is 0 Å². The fourth-order valence-electron chi connectivity index (χ4n) is 2.34. The average Bonchev–Trinajstić information content (AvgIpc) is 2.54. The third-order valence-electron chi connectivity index (χ3n) is 3.58. The first kappa shape index (κ1) is 12.7. The van der Waals surface area contributed by atoms with Crippen molar-refractivity contribution in [3.8, 4) is 0 Å². The van der Waals surface area contributed by atoms with E-state index >= 15 is 0 Å². The van der Waals surface area contributed by atoms with Crippen molar-refractivity contribution < 1.29 is 0 Å². The standard InChI is InChI=1S/C15H21N3/c1-10-7-6-8-11(2)15(10)16-9-14-12(3)17-18(5)13(14)4/h6-8,16H,9H2,1-5H3. The van der Waals surface area contributed by atoms with E-state index in [2.05, 4.69) is 56.3 Å². The maximum Gasteiger partial charge on any atom is 0.0646 e. The quantitative estimate of drug-likeness (QED) is 0.896. The molecule has 18 heavy (non-hydrogen) atoms. The van der Waals surface area contributed by atoms with Gasteiger partial charge in [-0.05, 0) is 38.8 Å². The number of hydrogen-bond donors (Lipinski definition) is 1. The lowest BCUT2D eigenvalue weighted by atomic mass is 10.1. The molecular formula is C15H21N3. The largest absolute Gasteiger partial charge is 0.380 e. The van der Waals surface area contributed by atoms with Gasteiger partial charge in [0.25, 0.3) is 0 Å². The molecule has 0 fully saturated rings. The fraction of sp³-hybridized carbons (Fsp3) is 0.400. The second-order valence-corrected chi connectivity index (χ2v) is 4.89. The van der Waals surface area contributed by atoms with Crippen molar-refractivity contribution in [2.45, 2.75) is 34.2 Å². The predicted octanol–water partition coefficient (Wildman–Crippen LogP) is 3.27. The average molecular weight is 243 g/mol. The van der Waals surface area contributed by atoms with Crippen molar-refractivity contribution in [2.75, 3.05) is 5.32 Å². The molecule has 1 heterocycles. The Kier molecular flexibility index (Phi) is 3.41. The van der Waals surface area contributed by atoms with Crippen LogP contribution < -0.4 is 5.32 Å². The zero-order chi connectivity index (χ0) is 13.3. The molecule has 0 saturated carbocycles. The van der Waals surface area contributed by atoms with E-state index in [1.807, 2.05) is 11.7 Å². The van der Waals surface area contributed by atoms with Crippen molar-refractivity contribution in [1.82, 2.24) is 9.78 Å². The topological polar surface area (TPSA) is 29.9 Å². The Morgan fingerprint density at radius 1 is 1.11 bits per heavy atom. The highest BCUT2D eigenvalue weighted by atomic mass is 15.3. The number of nitrogens with one attached hydrogen (secondary N) is 1. The van der Waals surface area contributed by atoms with Gasteiger partial charge in [-0.25, -0.2) is 0 Å². The number of benzene rings is 1. The van der Waals surface area contributed by atoms with Crippen molar-refractivity contribution in [3.05, 3.63) is 46.3 Å². The molecule has 1 N–H and O–H groups in total. The minimum absolute atomic E-state index is 0.831. The minimum Gasteiger partial charge on any atom is -0.380 e. The first-order valence-electron chi connectivity index (χ1n) is 6.30. The van der Waals surface area contributed by atoms with Gasteiger partial charge in [-0.2, -0.15) is 5.10 Å². The van der Waals surface area contributed by atoms with Crippen LogP contribution in [0, 0.1) is 27.7 Å². The van der Waals surface area contributed by atoms with Gasteiger partial charge in [0.15, 0.2) is 0 Å². The highest BCUT2D eigenvalue weighted by Gasteiger charge is 2.09. The smallest absolute Gasteiger partial charge is 0.0646 e. The van der Waals surface area contributed by atoms with Gasteiger partial charge >= 0.3 is 0 Å². The summed E-state index contributed by atoms with van der Waals surface area (Å²) < 4.78 is 1.94. The molecule has 0 aliphatic rings. The van der Waals surface area contributed by atoms with E-state index in [4.69, 9.17) is 0 Å². The first-order chi connectivity index (χ1) is 8.50. The molecule has 0 bridgehead atoms. The summed E-state index contributed by atoms with van der Waals surface area (Å²) in [6, 6.07) is 6.37. The molecule has 0 unspecified atom stereocenters. The number of hydrogen-bond acceptors (Lipinski definition) is 2. The summed E-state index contributed by atoms with van der Waals surface area (Å²) in [4.78, 5) is 0. The van der Waals surface area contributed by atoms with E-state index in [9.17, 15) is 0 Å². The molecule has 0 spiro atoms. The maximum absolute atomic E-state index is 4.44. The molecule has 1 aromatic carbocycles. The van der Waals surface area contributed by atoms with E-state index in [0.29, 0.717) is 0 Å². The van der Waals surface area contributed by atoms with Crippen LogP contribution in [0.1, 0.15) is 28.1 Å². The maximum atomic E-state index is 4.44. The third-order valence-corrected chi connectivity index (χ3v) is 3.58. The Morgan fingerprint density at radius 2 is 1.72 bits per heavy atom. The molecule has 0 aliphatic heterocycles. The molecule has 3 nitrogen and oxygen atoms in total. The van der Waals surface area contributed by atoms with Crippen molar-refractivity contribution >= 4 is 5.69 Å². The van der Waals surface area contributed by atoms with Crippen LogP contribution in [0.5, 0.6) is 0 Å². The molecule has 0 saturated heterocycles. The third kappa shape index (κ3) is 2.26. The lowest BCUT2D eigenvalue weighted by Crippen LogP contribution is -2.05. The van der Waals surface area contributed by atoms with Crippen LogP contribution in [-0.4, -0.2) is 9.78 Å². The molecular weight excluding hydrogens is 222 g/mol. The van der Waals surface area contributed by atoms with E-state index < -0.39 is 0 Å². The molecule has 0 radical (unpaired) electrons. The number of para-hydroxylation sites is 1. The summed E-state index contributed by atoms with van der Waals surface area (Å²) in [5.74, 6) is 0. The lowest BCUT2D eigenvalue weighted by molar-refractivity contribution is 0.730. The lowest BCUT2D eigenvalue weighted by Gasteiger charge is -2.12. The van der Waals surface area contributed by atoms with Gasteiger partial charge < -0.3 is 5.32 Å². The number of aromatic nitrogens is 2. The summed E-state index contributed by atoms with van der Waals surface area (Å²) in [6.45, 7) is 9.28. The minimum atomic E-state index is 0.831. The number of aryl methyl sites for hydroxylation is 4. The van der Waals surface area contributed by atoms with E-state index in [1.54, 1.807) is 0 Å². The predicted molar refractivity (Wildman–Crippen MR) is 75.9 cm³/mol. The highest BCUT2D eigenvalue weighted by molar-refractivity contribution is 5.57. The molecule has 0 aliphatic carbocycles. The zero-order valence-electron chi connectivity index (χ0n) is 11.8. The Bertz CT molecular complexity index is 547. The van der Waals surface area contributed by atoms with Gasteiger partial charge in [-0.3, -0.25) is 4.68 Å². The second kappa shape index (κ2) is 4.84. The van der Waals surface area contributed by atoms with E-state index in [-0.39, 0.29) is 0 Å². The van der Waals surface area contributed by atoms with E-state index in [1.165, 1.54) is 28.1 Å². The monoisotopic (exact) mass is 243 g/mol. The van der Waals surface area contributed by atoms with E-state index in [0.717, 1.165) is 12.2 Å². The van der Waals surface area contributed by atoms with Gasteiger partial charge in [0.2, 0.25) is 0 Å². The summed E-state index contributed by atoms with van der Waals surface area (Å²) in [5, 5.41) is 7.98. The molecule has 96 valence electrons. The molecule has 1 aromatic heterocycles. The van der Waals surface area contributed by atoms with Gasteiger partial charge in [0.1, 0.15) is 0 Å². The van der Waals surface area contributed by atoms with Gasteiger partial charge in [-0.1, -0.05) is 18.2 Å². The summed E-state index contributed by atoms with van der Waals surface area (Å²) in [5.41, 5.74) is 7.43. The van der Waals surface area contributed by atoms with Crippen molar-refractivity contribution in [3.63, 3.8) is 0 Å². The zero-order valence-corrected chi connectivity index (χ0v) is 11.8. The van der Waals surface area contributed by atoms with Crippen molar-refractivity contribution in [2.24, 2.45) is 7.05 Å². The van der Waals surface area contributed by atoms with Crippen LogP contribution in [-0.2, 0) is 13.6 Å². The Hall–Kier alpha value is -1.77. The Morgan fingerprint density at radius 3 is 2.22 bits per heavy atom. The van der Waals surface area contributed by atoms with Crippen LogP contribution in [0.2, 0.25) is 0 Å². The highest BCUT2D eigenvalue weighted by Crippen LogP contribution is 2.21. The Labute approximate surface area is 109 Å². The molecule has 2 rings (SSSR count). The Balaban J connectivity index is 2.22. The first-order valence-corrected chi connectivity index (χ1v) is 6.30. The number of anilines is 1. The normalized spacial score (nSPS) is 10.7. The number of nitrogens with zero attached hydrogens (tertiary/aromatic N) is 2. The summed E-state index contributed by atoms with van der Waals surface area (Å²) >= 11 is 0. The molecule has 0 atom stereocenters. The SMILES string of the molecule is Cc1cccc(C)c1NCc1c(C)nn(C)c1C. The molecule has 0 amide bonds. The van der Waals surface area contributed by atoms with Crippen LogP contribution in [0.3, 0.4) is 0 Å². The van der Waals surface area contributed by atoms with Crippen LogP contribution in [0.25, 0.3) is 0 Å². The summed E-state index contributed by atoms with van der Waals surface area (Å²) in [6.07, 6.45) is 0.